The van der Waals surface area contributed by atoms with Gasteiger partial charge in [-0.3, -0.25) is 9.59 Å². The molecule has 0 aliphatic rings. The van der Waals surface area contributed by atoms with Gasteiger partial charge < -0.3 is 21.5 Å². The molecule has 1 amide bonds. The molecular weight excluding hydrogens is 329 g/mol. The fourth-order valence-corrected chi connectivity index (χ4v) is 1.58. The van der Waals surface area contributed by atoms with Crippen molar-refractivity contribution in [3.8, 4) is 0 Å². The predicted molar refractivity (Wildman–Crippen MR) is 93.7 cm³/mol. The molecule has 8 heteroatoms. The van der Waals surface area contributed by atoms with Crippen molar-refractivity contribution in [3.63, 3.8) is 0 Å². The van der Waals surface area contributed by atoms with Crippen molar-refractivity contribution in [1.29, 1.82) is 0 Å². The number of carbonyl (C=O) groups excluding carboxylic acids is 1. The largest absolute Gasteiger partial charge is 0.481 e. The van der Waals surface area contributed by atoms with Gasteiger partial charge in [-0.2, -0.15) is 0 Å². The highest BCUT2D eigenvalue weighted by Crippen LogP contribution is 2.11. The Kier molecular flexibility index (Phi) is 13.2. The number of carboxylic acids is 1. The summed E-state index contributed by atoms with van der Waals surface area (Å²) >= 11 is 0. The SMILES string of the molecule is CC(C)(N)CCN(CCC(C)(C)N)C(=O)CCC(=O)O.Cl.Cl. The van der Waals surface area contributed by atoms with Gasteiger partial charge in [0.1, 0.15) is 0 Å². The Morgan fingerprint density at radius 3 is 1.55 bits per heavy atom. The Morgan fingerprint density at radius 2 is 1.27 bits per heavy atom. The highest BCUT2D eigenvalue weighted by atomic mass is 35.5. The quantitative estimate of drug-likeness (QED) is 0.581. The molecule has 0 aliphatic heterocycles. The number of amides is 1. The molecule has 0 aromatic carbocycles. The van der Waals surface area contributed by atoms with Crippen molar-refractivity contribution >= 4 is 36.7 Å². The normalized spacial score (nSPS) is 11.2. The minimum absolute atomic E-state index is 0. The molecule has 0 saturated heterocycles. The van der Waals surface area contributed by atoms with E-state index in [1.165, 1.54) is 0 Å². The second-order valence-corrected chi connectivity index (χ2v) is 6.75. The molecule has 0 aromatic heterocycles. The molecule has 134 valence electrons. The summed E-state index contributed by atoms with van der Waals surface area (Å²) < 4.78 is 0. The minimum atomic E-state index is -0.961. The number of carboxylic acid groups (broad SMARTS) is 1. The molecule has 6 nitrogen and oxygen atoms in total. The van der Waals surface area contributed by atoms with Crippen molar-refractivity contribution in [2.24, 2.45) is 11.5 Å². The van der Waals surface area contributed by atoms with Gasteiger partial charge >= 0.3 is 5.97 Å². The van der Waals surface area contributed by atoms with Crippen LogP contribution in [0.3, 0.4) is 0 Å². The zero-order valence-electron chi connectivity index (χ0n) is 13.9. The minimum Gasteiger partial charge on any atom is -0.481 e. The maximum Gasteiger partial charge on any atom is 0.303 e. The van der Waals surface area contributed by atoms with Gasteiger partial charge in [0.05, 0.1) is 6.42 Å². The van der Waals surface area contributed by atoms with Crippen LogP contribution >= 0.6 is 24.8 Å². The van der Waals surface area contributed by atoms with Crippen LogP contribution in [0.4, 0.5) is 0 Å². The second kappa shape index (κ2) is 11.0. The number of aliphatic carboxylic acids is 1. The lowest BCUT2D eigenvalue weighted by atomic mass is 10.00. The number of rotatable bonds is 9. The molecule has 0 heterocycles. The van der Waals surface area contributed by atoms with E-state index < -0.39 is 5.97 Å². The first-order chi connectivity index (χ1) is 8.91. The third kappa shape index (κ3) is 15.8. The van der Waals surface area contributed by atoms with E-state index in [0.29, 0.717) is 25.9 Å². The number of hydrogen-bond donors (Lipinski definition) is 3. The fourth-order valence-electron chi connectivity index (χ4n) is 1.58. The van der Waals surface area contributed by atoms with Crippen LogP contribution in [0.1, 0.15) is 53.4 Å². The summed E-state index contributed by atoms with van der Waals surface area (Å²) in [4.78, 5) is 24.3. The topological polar surface area (TPSA) is 110 Å². The number of carbonyl (C=O) groups is 2. The molecule has 0 aliphatic carbocycles. The monoisotopic (exact) mass is 359 g/mol. The summed E-state index contributed by atoms with van der Waals surface area (Å²) in [5.41, 5.74) is 11.1. The Hall–Kier alpha value is -0.560. The second-order valence-electron chi connectivity index (χ2n) is 6.75. The van der Waals surface area contributed by atoms with E-state index in [1.807, 2.05) is 27.7 Å². The van der Waals surface area contributed by atoms with Crippen LogP contribution in [0.5, 0.6) is 0 Å². The maximum atomic E-state index is 12.1. The van der Waals surface area contributed by atoms with Gasteiger partial charge in [0.2, 0.25) is 5.91 Å². The Bertz CT molecular complexity index is 321. The van der Waals surface area contributed by atoms with Gasteiger partial charge in [-0.1, -0.05) is 0 Å². The Balaban J connectivity index is -0.00000180. The fraction of sp³-hybridized carbons (Fsp3) is 0.857. The smallest absolute Gasteiger partial charge is 0.303 e. The number of nitrogens with zero attached hydrogens (tertiary/aromatic N) is 1. The molecule has 22 heavy (non-hydrogen) atoms. The van der Waals surface area contributed by atoms with Gasteiger partial charge in [-0.05, 0) is 40.5 Å². The van der Waals surface area contributed by atoms with Gasteiger partial charge in [-0.25, -0.2) is 0 Å². The first kappa shape index (κ1) is 26.3. The molecule has 0 unspecified atom stereocenters. The van der Waals surface area contributed by atoms with Crippen LogP contribution in [-0.4, -0.2) is 46.1 Å². The van der Waals surface area contributed by atoms with E-state index in [1.54, 1.807) is 4.90 Å². The highest BCUT2D eigenvalue weighted by molar-refractivity contribution is 5.85. The number of nitrogens with two attached hydrogens (primary N) is 2. The van der Waals surface area contributed by atoms with Crippen molar-refractivity contribution in [2.75, 3.05) is 13.1 Å². The van der Waals surface area contributed by atoms with E-state index in [2.05, 4.69) is 0 Å². The predicted octanol–water partition coefficient (Wildman–Crippen LogP) is 1.78. The van der Waals surface area contributed by atoms with Crippen LogP contribution < -0.4 is 11.5 Å². The Morgan fingerprint density at radius 1 is 0.909 bits per heavy atom. The summed E-state index contributed by atoms with van der Waals surface area (Å²) in [6.45, 7) is 8.66. The highest BCUT2D eigenvalue weighted by Gasteiger charge is 2.21. The lowest BCUT2D eigenvalue weighted by molar-refractivity contribution is -0.141. The third-order valence-corrected chi connectivity index (χ3v) is 2.96. The van der Waals surface area contributed by atoms with Crippen LogP contribution in [0.15, 0.2) is 0 Å². The molecule has 0 bridgehead atoms. The third-order valence-electron chi connectivity index (χ3n) is 2.96. The zero-order valence-corrected chi connectivity index (χ0v) is 15.6. The van der Waals surface area contributed by atoms with Gasteiger partial charge in [0.25, 0.3) is 0 Å². The van der Waals surface area contributed by atoms with E-state index in [0.717, 1.165) is 0 Å². The molecule has 0 radical (unpaired) electrons. The average Bonchev–Trinajstić information content (AvgIpc) is 2.22. The van der Waals surface area contributed by atoms with Crippen molar-refractivity contribution in [3.05, 3.63) is 0 Å². The number of hydrogen-bond acceptors (Lipinski definition) is 4. The summed E-state index contributed by atoms with van der Waals surface area (Å²) in [6.07, 6.45) is 1.20. The van der Waals surface area contributed by atoms with Crippen LogP contribution in [0.25, 0.3) is 0 Å². The van der Waals surface area contributed by atoms with Crippen LogP contribution in [0.2, 0.25) is 0 Å². The molecule has 5 N–H and O–H groups in total. The van der Waals surface area contributed by atoms with Crippen molar-refractivity contribution < 1.29 is 14.7 Å². The molecule has 0 spiro atoms. The summed E-state index contributed by atoms with van der Waals surface area (Å²) in [5.74, 6) is -1.11. The molecule has 0 aromatic rings. The van der Waals surface area contributed by atoms with Gasteiger partial charge in [0, 0.05) is 30.6 Å². The van der Waals surface area contributed by atoms with Crippen molar-refractivity contribution in [2.45, 2.75) is 64.5 Å². The van der Waals surface area contributed by atoms with E-state index >= 15 is 0 Å². The van der Waals surface area contributed by atoms with Crippen LogP contribution in [0, 0.1) is 0 Å². The van der Waals surface area contributed by atoms with Crippen molar-refractivity contribution in [1.82, 2.24) is 4.90 Å². The standard InChI is InChI=1S/C14H29N3O3.2ClH/c1-13(2,15)7-9-17(10-8-14(3,4)16)11(18)5-6-12(19)20;;/h5-10,15-16H2,1-4H3,(H,19,20);2*1H. The van der Waals surface area contributed by atoms with E-state index in [9.17, 15) is 9.59 Å². The summed E-state index contributed by atoms with van der Waals surface area (Å²) in [6, 6.07) is 0. The summed E-state index contributed by atoms with van der Waals surface area (Å²) in [5, 5.41) is 8.65. The number of halogens is 2. The summed E-state index contributed by atoms with van der Waals surface area (Å²) in [7, 11) is 0. The van der Waals surface area contributed by atoms with Crippen LogP contribution in [-0.2, 0) is 9.59 Å². The zero-order chi connectivity index (χ0) is 16.0. The lowest BCUT2D eigenvalue weighted by Gasteiger charge is -2.29. The van der Waals surface area contributed by atoms with Gasteiger partial charge in [0.15, 0.2) is 0 Å². The molecule has 0 rings (SSSR count). The molecule has 0 fully saturated rings. The molecule has 0 atom stereocenters. The first-order valence-corrected chi connectivity index (χ1v) is 6.98. The first-order valence-electron chi connectivity index (χ1n) is 6.98. The van der Waals surface area contributed by atoms with Gasteiger partial charge in [-0.15, -0.1) is 24.8 Å². The lowest BCUT2D eigenvalue weighted by Crippen LogP contribution is -2.43. The Labute approximate surface area is 145 Å². The van der Waals surface area contributed by atoms with E-state index in [4.69, 9.17) is 16.6 Å². The maximum absolute atomic E-state index is 12.1. The average molecular weight is 360 g/mol. The molecular formula is C14H31Cl2N3O3. The molecule has 0 saturated carbocycles. The van der Waals surface area contributed by atoms with E-state index in [-0.39, 0.29) is 54.6 Å².